The van der Waals surface area contributed by atoms with Gasteiger partial charge in [-0.05, 0) is 23.9 Å². The summed E-state index contributed by atoms with van der Waals surface area (Å²) >= 11 is 0. The summed E-state index contributed by atoms with van der Waals surface area (Å²) in [4.78, 5) is 14.4. The highest BCUT2D eigenvalue weighted by atomic mass is 16.5. The van der Waals surface area contributed by atoms with Crippen molar-refractivity contribution in [2.75, 3.05) is 0 Å². The number of nitrogens with two attached hydrogens (primary N) is 1. The van der Waals surface area contributed by atoms with Crippen LogP contribution in [0.15, 0.2) is 4.52 Å². The zero-order valence-corrected chi connectivity index (χ0v) is 8.93. The third-order valence-electron chi connectivity index (χ3n) is 3.08. The van der Waals surface area contributed by atoms with Crippen molar-refractivity contribution in [3.63, 3.8) is 0 Å². The first kappa shape index (κ1) is 11.1. The molecule has 0 aromatic carbocycles. The summed E-state index contributed by atoms with van der Waals surface area (Å²) in [6.45, 7) is 0. The smallest absolute Gasteiger partial charge is 0.377 e. The van der Waals surface area contributed by atoms with Crippen LogP contribution >= 0.6 is 0 Å². The summed E-state index contributed by atoms with van der Waals surface area (Å²) in [7, 11) is 0. The van der Waals surface area contributed by atoms with Crippen LogP contribution in [0, 0.1) is 5.92 Å². The number of aromatic nitrogens is 2. The lowest BCUT2D eigenvalue weighted by molar-refractivity contribution is 0.0680. The number of rotatable bonds is 3. The molecule has 1 aliphatic carbocycles. The molecule has 6 nitrogen and oxygen atoms in total. The van der Waals surface area contributed by atoms with E-state index in [1.807, 2.05) is 0 Å². The molecule has 3 N–H and O–H groups in total. The summed E-state index contributed by atoms with van der Waals surface area (Å²) < 4.78 is 4.87. The van der Waals surface area contributed by atoms with Crippen molar-refractivity contribution in [2.24, 2.45) is 11.7 Å². The molecule has 0 radical (unpaired) electrons. The zero-order chi connectivity index (χ0) is 11.5. The predicted octanol–water partition coefficient (Wildman–Crippen LogP) is 1.35. The first-order valence-corrected chi connectivity index (χ1v) is 5.51. The Bertz CT molecular complexity index is 371. The Labute approximate surface area is 92.8 Å². The second-order valence-corrected chi connectivity index (χ2v) is 4.19. The Morgan fingerprint density at radius 1 is 1.44 bits per heavy atom. The molecular weight excluding hydrogens is 210 g/mol. The van der Waals surface area contributed by atoms with Gasteiger partial charge in [0.2, 0.25) is 5.89 Å². The molecule has 0 bridgehead atoms. The first-order chi connectivity index (χ1) is 7.68. The van der Waals surface area contributed by atoms with Crippen LogP contribution in [-0.2, 0) is 0 Å². The second-order valence-electron chi connectivity index (χ2n) is 4.19. The molecule has 1 aromatic heterocycles. The normalized spacial score (nSPS) is 19.6. The van der Waals surface area contributed by atoms with Crippen molar-refractivity contribution in [2.45, 2.75) is 38.1 Å². The highest BCUT2D eigenvalue weighted by Gasteiger charge is 2.27. The molecule has 1 saturated carbocycles. The lowest BCUT2D eigenvalue weighted by Gasteiger charge is -2.24. The number of nitrogens with zero attached hydrogens (tertiary/aromatic N) is 2. The maximum atomic E-state index is 10.6. The van der Waals surface area contributed by atoms with Crippen molar-refractivity contribution < 1.29 is 14.4 Å². The average Bonchev–Trinajstić information content (AvgIpc) is 2.78. The molecule has 1 unspecified atom stereocenters. The van der Waals surface area contributed by atoms with Crippen molar-refractivity contribution in [3.8, 4) is 0 Å². The lowest BCUT2D eigenvalue weighted by Crippen LogP contribution is -2.24. The van der Waals surface area contributed by atoms with Gasteiger partial charge in [0.15, 0.2) is 0 Å². The number of hydrogen-bond donors (Lipinski definition) is 2. The van der Waals surface area contributed by atoms with E-state index in [4.69, 9.17) is 15.4 Å². The van der Waals surface area contributed by atoms with Crippen LogP contribution in [-0.4, -0.2) is 21.2 Å². The number of hydrogen-bond acceptors (Lipinski definition) is 5. The van der Waals surface area contributed by atoms with Gasteiger partial charge in [-0.25, -0.2) is 4.79 Å². The number of aromatic carboxylic acids is 1. The fourth-order valence-corrected chi connectivity index (χ4v) is 2.15. The van der Waals surface area contributed by atoms with E-state index in [1.165, 1.54) is 6.42 Å². The van der Waals surface area contributed by atoms with Gasteiger partial charge in [0.25, 0.3) is 5.82 Å². The molecule has 1 aromatic rings. The maximum absolute atomic E-state index is 10.6. The lowest BCUT2D eigenvalue weighted by atomic mass is 9.84. The van der Waals surface area contributed by atoms with E-state index in [0.717, 1.165) is 25.7 Å². The van der Waals surface area contributed by atoms with Crippen LogP contribution in [0.2, 0.25) is 0 Å². The van der Waals surface area contributed by atoms with Crippen molar-refractivity contribution in [3.05, 3.63) is 11.7 Å². The Morgan fingerprint density at radius 2 is 2.12 bits per heavy atom. The summed E-state index contributed by atoms with van der Waals surface area (Å²) in [5, 5.41) is 12.0. The van der Waals surface area contributed by atoms with Gasteiger partial charge in [0.05, 0.1) is 6.04 Å². The molecule has 1 atom stereocenters. The quantitative estimate of drug-likeness (QED) is 0.804. The molecule has 0 aliphatic heterocycles. The third-order valence-corrected chi connectivity index (χ3v) is 3.08. The number of carbonyl (C=O) groups is 1. The van der Waals surface area contributed by atoms with E-state index in [1.54, 1.807) is 0 Å². The molecule has 1 fully saturated rings. The van der Waals surface area contributed by atoms with E-state index in [0.29, 0.717) is 5.92 Å². The second kappa shape index (κ2) is 4.61. The summed E-state index contributed by atoms with van der Waals surface area (Å²) in [6, 6.07) is -0.333. The fraction of sp³-hybridized carbons (Fsp3) is 0.700. The highest BCUT2D eigenvalue weighted by molar-refractivity contribution is 5.82. The van der Waals surface area contributed by atoms with Crippen molar-refractivity contribution >= 4 is 5.97 Å². The molecule has 88 valence electrons. The molecule has 16 heavy (non-hydrogen) atoms. The average molecular weight is 225 g/mol. The van der Waals surface area contributed by atoms with Gasteiger partial charge in [0.1, 0.15) is 0 Å². The Hall–Kier alpha value is -1.43. The van der Waals surface area contributed by atoms with Gasteiger partial charge < -0.3 is 15.4 Å². The SMILES string of the molecule is NC(c1nc(C(=O)O)no1)C1CCCCC1. The third kappa shape index (κ3) is 2.21. The molecule has 0 spiro atoms. The van der Waals surface area contributed by atoms with Crippen LogP contribution in [0.4, 0.5) is 0 Å². The van der Waals surface area contributed by atoms with Crippen LogP contribution in [0.5, 0.6) is 0 Å². The maximum Gasteiger partial charge on any atom is 0.377 e. The minimum atomic E-state index is -1.19. The minimum Gasteiger partial charge on any atom is -0.475 e. The number of carboxylic acid groups (broad SMARTS) is 1. The van der Waals surface area contributed by atoms with E-state index >= 15 is 0 Å². The van der Waals surface area contributed by atoms with E-state index in [2.05, 4.69) is 10.1 Å². The predicted molar refractivity (Wildman–Crippen MR) is 54.8 cm³/mol. The van der Waals surface area contributed by atoms with Crippen LogP contribution in [0.3, 0.4) is 0 Å². The molecule has 0 saturated heterocycles. The van der Waals surface area contributed by atoms with Crippen LogP contribution in [0.1, 0.15) is 54.7 Å². The van der Waals surface area contributed by atoms with Gasteiger partial charge in [-0.3, -0.25) is 0 Å². The van der Waals surface area contributed by atoms with Gasteiger partial charge in [-0.1, -0.05) is 19.3 Å². The molecule has 6 heteroatoms. The molecule has 0 amide bonds. The van der Waals surface area contributed by atoms with E-state index in [-0.39, 0.29) is 17.8 Å². The van der Waals surface area contributed by atoms with Gasteiger partial charge in [0, 0.05) is 0 Å². The van der Waals surface area contributed by atoms with Gasteiger partial charge in [-0.2, -0.15) is 4.98 Å². The Morgan fingerprint density at radius 3 is 2.69 bits per heavy atom. The fourth-order valence-electron chi connectivity index (χ4n) is 2.15. The summed E-state index contributed by atoms with van der Waals surface area (Å²) in [5.74, 6) is -0.938. The largest absolute Gasteiger partial charge is 0.475 e. The molecule has 1 aliphatic rings. The van der Waals surface area contributed by atoms with Gasteiger partial charge >= 0.3 is 5.97 Å². The Balaban J connectivity index is 2.07. The topological polar surface area (TPSA) is 102 Å². The monoisotopic (exact) mass is 225 g/mol. The van der Waals surface area contributed by atoms with Crippen LogP contribution < -0.4 is 5.73 Å². The zero-order valence-electron chi connectivity index (χ0n) is 8.93. The summed E-state index contributed by atoms with van der Waals surface area (Å²) in [5.41, 5.74) is 5.99. The highest BCUT2D eigenvalue weighted by Crippen LogP contribution is 2.32. The Kier molecular flexibility index (Phi) is 3.19. The molecular formula is C10H15N3O3. The van der Waals surface area contributed by atoms with E-state index < -0.39 is 5.97 Å². The van der Waals surface area contributed by atoms with Gasteiger partial charge in [-0.15, -0.1) is 0 Å². The summed E-state index contributed by atoms with van der Waals surface area (Å²) in [6.07, 6.45) is 5.67. The molecule has 1 heterocycles. The standard InChI is InChI=1S/C10H15N3O3/c11-7(6-4-2-1-3-5-6)9-12-8(10(14)15)13-16-9/h6-7H,1-5,11H2,(H,14,15). The van der Waals surface area contributed by atoms with E-state index in [9.17, 15) is 4.79 Å². The van der Waals surface area contributed by atoms with Crippen molar-refractivity contribution in [1.29, 1.82) is 0 Å². The number of carboxylic acids is 1. The van der Waals surface area contributed by atoms with Crippen molar-refractivity contribution in [1.82, 2.24) is 10.1 Å². The molecule has 2 rings (SSSR count). The van der Waals surface area contributed by atoms with Crippen LogP contribution in [0.25, 0.3) is 0 Å². The first-order valence-electron chi connectivity index (χ1n) is 5.51. The minimum absolute atomic E-state index is 0.240.